The van der Waals surface area contributed by atoms with E-state index in [9.17, 15) is 4.79 Å². The van der Waals surface area contributed by atoms with Gasteiger partial charge < -0.3 is 0 Å². The summed E-state index contributed by atoms with van der Waals surface area (Å²) in [7, 11) is 0. The lowest BCUT2D eigenvalue weighted by molar-refractivity contribution is -0.129. The molecule has 1 aliphatic heterocycles. The summed E-state index contributed by atoms with van der Waals surface area (Å²) in [6.45, 7) is 1.76. The van der Waals surface area contributed by atoms with Crippen LogP contribution in [-0.4, -0.2) is 24.0 Å². The van der Waals surface area contributed by atoms with Gasteiger partial charge in [-0.3, -0.25) is 9.80 Å². The maximum Gasteiger partial charge on any atom is 0.238 e. The standard InChI is InChI=1S/C12H22N2O/c15-12-7-9-13-14(12)10-8-11-5-3-1-2-4-6-11/h11,13H,1-10H2. The molecule has 0 aromatic rings. The van der Waals surface area contributed by atoms with E-state index in [4.69, 9.17) is 0 Å². The molecule has 0 spiro atoms. The van der Waals surface area contributed by atoms with Gasteiger partial charge in [0, 0.05) is 19.5 Å². The van der Waals surface area contributed by atoms with Crippen molar-refractivity contribution in [3.05, 3.63) is 0 Å². The largest absolute Gasteiger partial charge is 0.278 e. The lowest BCUT2D eigenvalue weighted by Gasteiger charge is -2.19. The maximum absolute atomic E-state index is 11.4. The summed E-state index contributed by atoms with van der Waals surface area (Å²) < 4.78 is 0. The van der Waals surface area contributed by atoms with Gasteiger partial charge in [-0.2, -0.15) is 0 Å². The van der Waals surface area contributed by atoms with Gasteiger partial charge in [-0.15, -0.1) is 0 Å². The summed E-state index contributed by atoms with van der Waals surface area (Å²) in [5.41, 5.74) is 3.15. The van der Waals surface area contributed by atoms with Crippen LogP contribution in [0.15, 0.2) is 0 Å². The van der Waals surface area contributed by atoms with Gasteiger partial charge >= 0.3 is 0 Å². The third-order valence-electron chi connectivity index (χ3n) is 3.68. The SMILES string of the molecule is O=C1CCNN1CCC1CCCCCC1. The molecule has 1 saturated heterocycles. The molecule has 2 fully saturated rings. The van der Waals surface area contributed by atoms with Crippen molar-refractivity contribution in [1.29, 1.82) is 0 Å². The van der Waals surface area contributed by atoms with E-state index >= 15 is 0 Å². The molecule has 3 nitrogen and oxygen atoms in total. The Kier molecular flexibility index (Phi) is 4.01. The van der Waals surface area contributed by atoms with Gasteiger partial charge in [0.1, 0.15) is 0 Å². The van der Waals surface area contributed by atoms with Gasteiger partial charge in [0.15, 0.2) is 0 Å². The number of carbonyl (C=O) groups is 1. The van der Waals surface area contributed by atoms with Gasteiger partial charge in [-0.1, -0.05) is 38.5 Å². The van der Waals surface area contributed by atoms with E-state index in [1.165, 1.54) is 44.9 Å². The normalized spacial score (nSPS) is 24.5. The third kappa shape index (κ3) is 3.20. The zero-order valence-corrected chi connectivity index (χ0v) is 9.50. The molecule has 86 valence electrons. The van der Waals surface area contributed by atoms with Crippen molar-refractivity contribution in [2.45, 2.75) is 51.4 Å². The number of rotatable bonds is 3. The van der Waals surface area contributed by atoms with Gasteiger partial charge in [0.25, 0.3) is 0 Å². The molecule has 0 unspecified atom stereocenters. The van der Waals surface area contributed by atoms with Crippen LogP contribution >= 0.6 is 0 Å². The fourth-order valence-electron chi connectivity index (χ4n) is 2.69. The maximum atomic E-state index is 11.4. The first kappa shape index (κ1) is 10.9. The minimum Gasteiger partial charge on any atom is -0.278 e. The molecule has 0 aromatic carbocycles. The summed E-state index contributed by atoms with van der Waals surface area (Å²) >= 11 is 0. The van der Waals surface area contributed by atoms with E-state index in [2.05, 4.69) is 5.43 Å². The molecule has 3 heteroatoms. The molecule has 15 heavy (non-hydrogen) atoms. The van der Waals surface area contributed by atoms with E-state index < -0.39 is 0 Å². The molecule has 1 amide bonds. The van der Waals surface area contributed by atoms with Crippen LogP contribution in [0.3, 0.4) is 0 Å². The van der Waals surface area contributed by atoms with Crippen LogP contribution < -0.4 is 5.43 Å². The average molecular weight is 210 g/mol. The zero-order chi connectivity index (χ0) is 10.5. The summed E-state index contributed by atoms with van der Waals surface area (Å²) in [6.07, 6.45) is 10.3. The number of nitrogens with one attached hydrogen (secondary N) is 1. The molecule has 0 atom stereocenters. The Bertz CT molecular complexity index is 210. The Morgan fingerprint density at radius 1 is 1.20 bits per heavy atom. The molecule has 0 aromatic heterocycles. The van der Waals surface area contributed by atoms with Crippen LogP contribution in [-0.2, 0) is 4.79 Å². The molecule has 1 N–H and O–H groups in total. The highest BCUT2D eigenvalue weighted by Gasteiger charge is 2.21. The second-order valence-corrected chi connectivity index (χ2v) is 4.85. The number of hydrazine groups is 1. The van der Waals surface area contributed by atoms with Crippen molar-refractivity contribution in [2.24, 2.45) is 5.92 Å². The molecule has 2 aliphatic rings. The van der Waals surface area contributed by atoms with Crippen LogP contribution in [0.4, 0.5) is 0 Å². The van der Waals surface area contributed by atoms with Crippen molar-refractivity contribution in [3.8, 4) is 0 Å². The van der Waals surface area contributed by atoms with Crippen molar-refractivity contribution in [1.82, 2.24) is 10.4 Å². The molecule has 1 aliphatic carbocycles. The molecule has 2 rings (SSSR count). The summed E-state index contributed by atoms with van der Waals surface area (Å²) in [4.78, 5) is 11.4. The molecular formula is C12H22N2O. The van der Waals surface area contributed by atoms with E-state index in [0.717, 1.165) is 19.0 Å². The Morgan fingerprint density at radius 2 is 1.93 bits per heavy atom. The summed E-state index contributed by atoms with van der Waals surface area (Å²) in [6, 6.07) is 0. The number of nitrogens with zero attached hydrogens (tertiary/aromatic N) is 1. The van der Waals surface area contributed by atoms with Crippen molar-refractivity contribution in [2.75, 3.05) is 13.1 Å². The van der Waals surface area contributed by atoms with Gasteiger partial charge in [-0.25, -0.2) is 5.43 Å². The molecule has 1 heterocycles. The number of amides is 1. The highest BCUT2D eigenvalue weighted by Crippen LogP contribution is 2.25. The average Bonchev–Trinajstić information content (AvgIpc) is 2.53. The van der Waals surface area contributed by atoms with E-state index in [-0.39, 0.29) is 5.91 Å². The first-order valence-electron chi connectivity index (χ1n) is 6.40. The van der Waals surface area contributed by atoms with Crippen LogP contribution in [0.2, 0.25) is 0 Å². The van der Waals surface area contributed by atoms with E-state index in [0.29, 0.717) is 6.42 Å². The van der Waals surface area contributed by atoms with Crippen molar-refractivity contribution in [3.63, 3.8) is 0 Å². The lowest BCUT2D eigenvalue weighted by atomic mass is 9.97. The highest BCUT2D eigenvalue weighted by molar-refractivity contribution is 5.77. The lowest BCUT2D eigenvalue weighted by Crippen LogP contribution is -2.35. The Labute approximate surface area is 92.2 Å². The molecule has 0 bridgehead atoms. The number of carbonyl (C=O) groups excluding carboxylic acids is 1. The topological polar surface area (TPSA) is 32.3 Å². The smallest absolute Gasteiger partial charge is 0.238 e. The molecular weight excluding hydrogens is 188 g/mol. The monoisotopic (exact) mass is 210 g/mol. The van der Waals surface area contributed by atoms with E-state index in [1.807, 2.05) is 5.01 Å². The minimum atomic E-state index is 0.281. The van der Waals surface area contributed by atoms with Crippen LogP contribution in [0.25, 0.3) is 0 Å². The highest BCUT2D eigenvalue weighted by atomic mass is 16.2. The fourth-order valence-corrected chi connectivity index (χ4v) is 2.69. The quantitative estimate of drug-likeness (QED) is 0.723. The van der Waals surface area contributed by atoms with Gasteiger partial charge in [-0.05, 0) is 12.3 Å². The Balaban J connectivity index is 1.69. The predicted octanol–water partition coefficient (Wildman–Crippen LogP) is 2.08. The van der Waals surface area contributed by atoms with Crippen molar-refractivity contribution >= 4 is 5.91 Å². The van der Waals surface area contributed by atoms with Gasteiger partial charge in [0.05, 0.1) is 0 Å². The molecule has 1 saturated carbocycles. The van der Waals surface area contributed by atoms with Crippen LogP contribution in [0.1, 0.15) is 51.4 Å². The second-order valence-electron chi connectivity index (χ2n) is 4.85. The van der Waals surface area contributed by atoms with Crippen LogP contribution in [0, 0.1) is 5.92 Å². The third-order valence-corrected chi connectivity index (χ3v) is 3.68. The fraction of sp³-hybridized carbons (Fsp3) is 0.917. The van der Waals surface area contributed by atoms with Gasteiger partial charge in [0.2, 0.25) is 5.91 Å². The number of hydrogen-bond donors (Lipinski definition) is 1. The van der Waals surface area contributed by atoms with E-state index in [1.54, 1.807) is 0 Å². The Hall–Kier alpha value is -0.570. The summed E-state index contributed by atoms with van der Waals surface area (Å²) in [5.74, 6) is 1.14. The second kappa shape index (κ2) is 5.50. The Morgan fingerprint density at radius 3 is 2.53 bits per heavy atom. The first-order valence-corrected chi connectivity index (χ1v) is 6.40. The number of hydrogen-bond acceptors (Lipinski definition) is 2. The zero-order valence-electron chi connectivity index (χ0n) is 9.50. The molecule has 0 radical (unpaired) electrons. The summed E-state index contributed by atoms with van der Waals surface area (Å²) in [5, 5.41) is 1.82. The first-order chi connectivity index (χ1) is 7.36. The minimum absolute atomic E-state index is 0.281. The predicted molar refractivity (Wildman–Crippen MR) is 60.1 cm³/mol. The van der Waals surface area contributed by atoms with Crippen LogP contribution in [0.5, 0.6) is 0 Å². The van der Waals surface area contributed by atoms with Crippen molar-refractivity contribution < 1.29 is 4.79 Å².